The van der Waals surface area contributed by atoms with Crippen LogP contribution in [0.2, 0.25) is 0 Å². The van der Waals surface area contributed by atoms with Gasteiger partial charge < -0.3 is 10.3 Å². The summed E-state index contributed by atoms with van der Waals surface area (Å²) in [6.07, 6.45) is 5.67. The summed E-state index contributed by atoms with van der Waals surface area (Å²) in [5.74, 6) is 0.175. The van der Waals surface area contributed by atoms with Crippen molar-refractivity contribution in [3.05, 3.63) is 30.0 Å². The van der Waals surface area contributed by atoms with E-state index in [2.05, 4.69) is 17.2 Å². The first kappa shape index (κ1) is 16.3. The summed E-state index contributed by atoms with van der Waals surface area (Å²) in [4.78, 5) is 26.9. The number of carbonyl (C=O) groups is 2. The van der Waals surface area contributed by atoms with Crippen LogP contribution in [0.1, 0.15) is 56.8 Å². The van der Waals surface area contributed by atoms with Gasteiger partial charge in [0.25, 0.3) is 0 Å². The Morgan fingerprint density at radius 1 is 1.27 bits per heavy atom. The number of aromatic nitrogens is 1. The molecule has 0 aliphatic heterocycles. The number of unbranched alkanes of at least 4 members (excludes halogenated alkanes) is 1. The van der Waals surface area contributed by atoms with Crippen molar-refractivity contribution in [2.24, 2.45) is 5.92 Å². The molecule has 1 heterocycles. The molecule has 2 rings (SSSR count). The summed E-state index contributed by atoms with van der Waals surface area (Å²) in [6.45, 7) is 5.74. The van der Waals surface area contributed by atoms with E-state index >= 15 is 0 Å². The molecule has 1 aromatic carbocycles. The predicted octanol–water partition coefficient (Wildman–Crippen LogP) is 4.53. The third-order valence-electron chi connectivity index (χ3n) is 4.10. The lowest BCUT2D eigenvalue weighted by Gasteiger charge is -2.14. The number of nitrogens with one attached hydrogen (secondary N) is 2. The number of Topliss-reactive ketones (excluding diaryl/α,β-unsaturated/α-hetero) is 1. The minimum absolute atomic E-state index is 0.0358. The maximum Gasteiger partial charge on any atom is 0.227 e. The van der Waals surface area contributed by atoms with Crippen LogP contribution in [0, 0.1) is 5.92 Å². The lowest BCUT2D eigenvalue weighted by atomic mass is 9.98. The molecule has 1 unspecified atom stereocenters. The maximum atomic E-state index is 12.3. The molecular weight excluding hydrogens is 276 g/mol. The molecule has 1 amide bonds. The second kappa shape index (κ2) is 7.25. The largest absolute Gasteiger partial charge is 0.360 e. The van der Waals surface area contributed by atoms with Gasteiger partial charge in [0, 0.05) is 34.3 Å². The third-order valence-corrected chi connectivity index (χ3v) is 4.10. The first-order valence-electron chi connectivity index (χ1n) is 7.99. The Hall–Kier alpha value is -2.10. The Balaban J connectivity index is 2.14. The van der Waals surface area contributed by atoms with Gasteiger partial charge >= 0.3 is 0 Å². The van der Waals surface area contributed by atoms with E-state index in [0.717, 1.165) is 42.3 Å². The second-order valence-electron chi connectivity index (χ2n) is 5.76. The fourth-order valence-electron chi connectivity index (χ4n) is 2.71. The Morgan fingerprint density at radius 2 is 2.05 bits per heavy atom. The standard InChI is InChI=1S/C18H24N2O2/c1-4-6-7-13(5-2)18(22)20-14-8-9-15-16(12(3)21)11-19-17(15)10-14/h8-11,13,19H,4-7H2,1-3H3,(H,20,22). The minimum atomic E-state index is 0.0358. The Kier molecular flexibility index (Phi) is 5.36. The Bertz CT molecular complexity index is 673. The first-order valence-corrected chi connectivity index (χ1v) is 7.99. The summed E-state index contributed by atoms with van der Waals surface area (Å²) in [5, 5.41) is 3.88. The van der Waals surface area contributed by atoms with Crippen LogP contribution in [0.3, 0.4) is 0 Å². The molecule has 1 atom stereocenters. The van der Waals surface area contributed by atoms with Crippen molar-refractivity contribution in [3.8, 4) is 0 Å². The molecule has 0 spiro atoms. The molecule has 0 aliphatic carbocycles. The molecule has 2 N–H and O–H groups in total. The normalized spacial score (nSPS) is 12.3. The van der Waals surface area contributed by atoms with Gasteiger partial charge in [0.2, 0.25) is 5.91 Å². The molecule has 0 aliphatic rings. The average Bonchev–Trinajstić information content (AvgIpc) is 2.91. The third kappa shape index (κ3) is 3.56. The molecule has 0 saturated carbocycles. The van der Waals surface area contributed by atoms with E-state index in [0.29, 0.717) is 5.56 Å². The van der Waals surface area contributed by atoms with E-state index < -0.39 is 0 Å². The summed E-state index contributed by atoms with van der Waals surface area (Å²) in [6, 6.07) is 5.62. The number of carbonyl (C=O) groups excluding carboxylic acids is 2. The number of H-pyrrole nitrogens is 1. The molecule has 4 heteroatoms. The fourth-order valence-corrected chi connectivity index (χ4v) is 2.71. The SMILES string of the molecule is CCCCC(CC)C(=O)Nc1ccc2c(C(C)=O)c[nH]c2c1. The van der Waals surface area contributed by atoms with E-state index in [1.54, 1.807) is 13.1 Å². The van der Waals surface area contributed by atoms with Crippen molar-refractivity contribution in [3.63, 3.8) is 0 Å². The molecule has 0 fully saturated rings. The average molecular weight is 300 g/mol. The summed E-state index contributed by atoms with van der Waals surface area (Å²) in [5.41, 5.74) is 2.32. The van der Waals surface area contributed by atoms with Crippen LogP contribution in [0.25, 0.3) is 10.9 Å². The Morgan fingerprint density at radius 3 is 2.68 bits per heavy atom. The molecule has 0 saturated heterocycles. The summed E-state index contributed by atoms with van der Waals surface area (Å²) >= 11 is 0. The molecule has 2 aromatic rings. The quantitative estimate of drug-likeness (QED) is 0.738. The first-order chi connectivity index (χ1) is 10.6. The number of fused-ring (bicyclic) bond motifs is 1. The Labute approximate surface area is 131 Å². The van der Waals surface area contributed by atoms with Crippen LogP contribution in [-0.2, 0) is 4.79 Å². The van der Waals surface area contributed by atoms with Gasteiger partial charge in [-0.15, -0.1) is 0 Å². The lowest BCUT2D eigenvalue weighted by molar-refractivity contribution is -0.120. The number of benzene rings is 1. The highest BCUT2D eigenvalue weighted by atomic mass is 16.2. The van der Waals surface area contributed by atoms with Gasteiger partial charge in [-0.05, 0) is 31.9 Å². The lowest BCUT2D eigenvalue weighted by Crippen LogP contribution is -2.22. The fraction of sp³-hybridized carbons (Fsp3) is 0.444. The van der Waals surface area contributed by atoms with Crippen LogP contribution in [0.4, 0.5) is 5.69 Å². The molecule has 22 heavy (non-hydrogen) atoms. The monoisotopic (exact) mass is 300 g/mol. The van der Waals surface area contributed by atoms with Crippen LogP contribution in [0.15, 0.2) is 24.4 Å². The van der Waals surface area contributed by atoms with Crippen molar-refractivity contribution in [1.82, 2.24) is 4.98 Å². The highest BCUT2D eigenvalue weighted by Gasteiger charge is 2.16. The smallest absolute Gasteiger partial charge is 0.227 e. The van der Waals surface area contributed by atoms with Gasteiger partial charge in [0.05, 0.1) is 0 Å². The van der Waals surface area contributed by atoms with Gasteiger partial charge in [0.1, 0.15) is 0 Å². The number of anilines is 1. The molecule has 4 nitrogen and oxygen atoms in total. The highest BCUT2D eigenvalue weighted by molar-refractivity contribution is 6.07. The molecule has 118 valence electrons. The van der Waals surface area contributed by atoms with E-state index in [1.807, 2.05) is 25.1 Å². The molecule has 1 aromatic heterocycles. The molecule has 0 bridgehead atoms. The summed E-state index contributed by atoms with van der Waals surface area (Å²) in [7, 11) is 0. The zero-order valence-corrected chi connectivity index (χ0v) is 13.5. The maximum absolute atomic E-state index is 12.3. The van der Waals surface area contributed by atoms with Crippen molar-refractivity contribution >= 4 is 28.3 Å². The molecule has 0 radical (unpaired) electrons. The van der Waals surface area contributed by atoms with Gasteiger partial charge in [-0.25, -0.2) is 0 Å². The van der Waals surface area contributed by atoms with Crippen molar-refractivity contribution in [1.29, 1.82) is 0 Å². The number of rotatable bonds is 7. The number of amides is 1. The van der Waals surface area contributed by atoms with Gasteiger partial charge in [-0.3, -0.25) is 9.59 Å². The van der Waals surface area contributed by atoms with Crippen molar-refractivity contribution in [2.75, 3.05) is 5.32 Å². The van der Waals surface area contributed by atoms with Crippen LogP contribution >= 0.6 is 0 Å². The van der Waals surface area contributed by atoms with Gasteiger partial charge in [-0.2, -0.15) is 0 Å². The number of ketones is 1. The van der Waals surface area contributed by atoms with Gasteiger partial charge in [0.15, 0.2) is 5.78 Å². The van der Waals surface area contributed by atoms with E-state index in [-0.39, 0.29) is 17.6 Å². The zero-order valence-electron chi connectivity index (χ0n) is 13.5. The van der Waals surface area contributed by atoms with Crippen molar-refractivity contribution < 1.29 is 9.59 Å². The number of aromatic amines is 1. The van der Waals surface area contributed by atoms with Crippen LogP contribution < -0.4 is 5.32 Å². The van der Waals surface area contributed by atoms with Crippen LogP contribution in [-0.4, -0.2) is 16.7 Å². The minimum Gasteiger partial charge on any atom is -0.360 e. The van der Waals surface area contributed by atoms with E-state index in [1.165, 1.54) is 0 Å². The molecular formula is C18H24N2O2. The number of hydrogen-bond acceptors (Lipinski definition) is 2. The van der Waals surface area contributed by atoms with E-state index in [9.17, 15) is 9.59 Å². The summed E-state index contributed by atoms with van der Waals surface area (Å²) < 4.78 is 0. The topological polar surface area (TPSA) is 62.0 Å². The predicted molar refractivity (Wildman–Crippen MR) is 90.2 cm³/mol. The van der Waals surface area contributed by atoms with Gasteiger partial charge in [-0.1, -0.05) is 32.8 Å². The van der Waals surface area contributed by atoms with Crippen molar-refractivity contribution in [2.45, 2.75) is 46.5 Å². The number of hydrogen-bond donors (Lipinski definition) is 2. The highest BCUT2D eigenvalue weighted by Crippen LogP contribution is 2.23. The zero-order chi connectivity index (χ0) is 16.1. The van der Waals surface area contributed by atoms with E-state index in [4.69, 9.17) is 0 Å². The second-order valence-corrected chi connectivity index (χ2v) is 5.76. The van der Waals surface area contributed by atoms with Crippen LogP contribution in [0.5, 0.6) is 0 Å².